The normalized spacial score (nSPS) is 14.5. The number of carbonyl (C=O) groups excluding carboxylic acids is 3. The summed E-state index contributed by atoms with van der Waals surface area (Å²) in [6.07, 6.45) is 2.59. The number of carboxylic acids is 2. The number of amides is 3. The quantitative estimate of drug-likeness (QED) is 0.116. The lowest BCUT2D eigenvalue weighted by Gasteiger charge is -2.25. The Hall–Kier alpha value is -2.38. The smallest absolute Gasteiger partial charge is 0.326 e. The molecule has 0 aromatic rings. The Kier molecular flexibility index (Phi) is 15.9. The monoisotopic (exact) mass is 505 g/mol. The SMILES string of the molecule is CSCCC(NC(=O)C(N)C(C)C)C(=O)NC(CCC(=O)O)C(=O)NC(CCCCN)C(=O)O. The van der Waals surface area contributed by atoms with E-state index in [0.29, 0.717) is 25.1 Å². The van der Waals surface area contributed by atoms with Gasteiger partial charge in [-0.15, -0.1) is 0 Å². The van der Waals surface area contributed by atoms with Gasteiger partial charge in [0, 0.05) is 6.42 Å². The maximum atomic E-state index is 12.9. The third kappa shape index (κ3) is 12.8. The molecule has 4 unspecified atom stereocenters. The van der Waals surface area contributed by atoms with E-state index in [1.165, 1.54) is 11.8 Å². The molecular formula is C21H39N5O7S. The van der Waals surface area contributed by atoms with Gasteiger partial charge in [0.2, 0.25) is 17.7 Å². The van der Waals surface area contributed by atoms with Crippen molar-refractivity contribution in [3.05, 3.63) is 0 Å². The fourth-order valence-electron chi connectivity index (χ4n) is 2.91. The Balaban J connectivity index is 5.49. The Morgan fingerprint density at radius 1 is 0.824 bits per heavy atom. The zero-order valence-electron chi connectivity index (χ0n) is 20.0. The second kappa shape index (κ2) is 17.1. The van der Waals surface area contributed by atoms with E-state index in [9.17, 15) is 29.1 Å². The molecule has 0 aliphatic carbocycles. The average Bonchev–Trinajstić information content (AvgIpc) is 2.77. The van der Waals surface area contributed by atoms with Gasteiger partial charge in [0.05, 0.1) is 6.04 Å². The molecule has 0 aliphatic heterocycles. The third-order valence-corrected chi connectivity index (χ3v) is 5.75. The molecule has 0 radical (unpaired) electrons. The molecule has 0 aromatic carbocycles. The summed E-state index contributed by atoms with van der Waals surface area (Å²) in [4.78, 5) is 60.7. The molecule has 0 rings (SSSR count). The highest BCUT2D eigenvalue weighted by Gasteiger charge is 2.30. The van der Waals surface area contributed by atoms with Gasteiger partial charge < -0.3 is 37.6 Å². The first kappa shape index (κ1) is 31.6. The molecule has 0 saturated heterocycles. The number of aliphatic carboxylic acids is 2. The van der Waals surface area contributed by atoms with Gasteiger partial charge in [0.1, 0.15) is 18.1 Å². The van der Waals surface area contributed by atoms with Gasteiger partial charge in [0.15, 0.2) is 0 Å². The van der Waals surface area contributed by atoms with Gasteiger partial charge in [-0.1, -0.05) is 13.8 Å². The van der Waals surface area contributed by atoms with Crippen LogP contribution in [-0.2, 0) is 24.0 Å². The van der Waals surface area contributed by atoms with Crippen LogP contribution in [0.25, 0.3) is 0 Å². The summed E-state index contributed by atoms with van der Waals surface area (Å²) in [6.45, 7) is 3.90. The largest absolute Gasteiger partial charge is 0.481 e. The summed E-state index contributed by atoms with van der Waals surface area (Å²) in [6, 6.07) is -4.34. The summed E-state index contributed by atoms with van der Waals surface area (Å²) in [7, 11) is 0. The minimum atomic E-state index is -1.30. The number of nitrogens with two attached hydrogens (primary N) is 2. The molecule has 0 aromatic heterocycles. The summed E-state index contributed by atoms with van der Waals surface area (Å²) >= 11 is 1.46. The Morgan fingerprint density at radius 3 is 1.82 bits per heavy atom. The zero-order chi connectivity index (χ0) is 26.3. The van der Waals surface area contributed by atoms with Crippen LogP contribution in [0.5, 0.6) is 0 Å². The van der Waals surface area contributed by atoms with E-state index in [0.717, 1.165) is 0 Å². The highest BCUT2D eigenvalue weighted by Crippen LogP contribution is 2.07. The molecule has 0 spiro atoms. The van der Waals surface area contributed by atoms with Crippen LogP contribution in [-0.4, -0.2) is 82.6 Å². The summed E-state index contributed by atoms with van der Waals surface area (Å²) in [5, 5.41) is 25.8. The van der Waals surface area contributed by atoms with Crippen molar-refractivity contribution in [2.75, 3.05) is 18.6 Å². The van der Waals surface area contributed by atoms with Crippen LogP contribution in [0.15, 0.2) is 0 Å². The number of carboxylic acid groups (broad SMARTS) is 2. The highest BCUT2D eigenvalue weighted by atomic mass is 32.2. The van der Waals surface area contributed by atoms with Crippen LogP contribution in [0.1, 0.15) is 52.4 Å². The van der Waals surface area contributed by atoms with E-state index in [-0.39, 0.29) is 25.2 Å². The predicted octanol–water partition coefficient (Wildman–Crippen LogP) is -0.744. The number of thioether (sulfide) groups is 1. The Labute approximate surface area is 204 Å². The van der Waals surface area contributed by atoms with Gasteiger partial charge in [-0.25, -0.2) is 4.79 Å². The van der Waals surface area contributed by atoms with Gasteiger partial charge in [-0.2, -0.15) is 11.8 Å². The summed E-state index contributed by atoms with van der Waals surface area (Å²) in [5.41, 5.74) is 11.3. The molecule has 0 heterocycles. The van der Waals surface area contributed by atoms with Crippen molar-refractivity contribution < 1.29 is 34.2 Å². The number of carbonyl (C=O) groups is 5. The van der Waals surface area contributed by atoms with E-state index in [1.807, 2.05) is 6.26 Å². The van der Waals surface area contributed by atoms with Crippen LogP contribution >= 0.6 is 11.8 Å². The lowest BCUT2D eigenvalue weighted by atomic mass is 10.0. The number of hydrogen-bond acceptors (Lipinski definition) is 8. The van der Waals surface area contributed by atoms with Crippen LogP contribution in [0.4, 0.5) is 0 Å². The maximum Gasteiger partial charge on any atom is 0.326 e. The van der Waals surface area contributed by atoms with Gasteiger partial charge >= 0.3 is 11.9 Å². The van der Waals surface area contributed by atoms with Crippen molar-refractivity contribution >= 4 is 41.4 Å². The first-order chi connectivity index (χ1) is 15.9. The number of hydrogen-bond donors (Lipinski definition) is 7. The molecule has 34 heavy (non-hydrogen) atoms. The fraction of sp³-hybridized carbons (Fsp3) is 0.762. The second-order valence-electron chi connectivity index (χ2n) is 8.29. The molecule has 4 atom stereocenters. The predicted molar refractivity (Wildman–Crippen MR) is 129 cm³/mol. The van der Waals surface area contributed by atoms with Crippen molar-refractivity contribution in [1.82, 2.24) is 16.0 Å². The topological polar surface area (TPSA) is 214 Å². The molecule has 3 amide bonds. The third-order valence-electron chi connectivity index (χ3n) is 5.11. The second-order valence-corrected chi connectivity index (χ2v) is 9.28. The van der Waals surface area contributed by atoms with Crippen molar-refractivity contribution in [3.63, 3.8) is 0 Å². The minimum Gasteiger partial charge on any atom is -0.481 e. The van der Waals surface area contributed by atoms with E-state index >= 15 is 0 Å². The van der Waals surface area contributed by atoms with Gasteiger partial charge in [0.25, 0.3) is 0 Å². The summed E-state index contributed by atoms with van der Waals surface area (Å²) < 4.78 is 0. The molecule has 12 nitrogen and oxygen atoms in total. The van der Waals surface area contributed by atoms with Gasteiger partial charge in [-0.3, -0.25) is 19.2 Å². The lowest BCUT2D eigenvalue weighted by molar-refractivity contribution is -0.143. The molecule has 0 aliphatic rings. The molecule has 0 bridgehead atoms. The van der Waals surface area contributed by atoms with E-state index in [4.69, 9.17) is 16.6 Å². The summed E-state index contributed by atoms with van der Waals surface area (Å²) in [5.74, 6) is -4.08. The Bertz CT molecular complexity index is 692. The average molecular weight is 506 g/mol. The first-order valence-corrected chi connectivity index (χ1v) is 12.6. The number of nitrogens with one attached hydrogen (secondary N) is 3. The zero-order valence-corrected chi connectivity index (χ0v) is 20.9. The molecular weight excluding hydrogens is 466 g/mol. The van der Waals surface area contributed by atoms with Crippen molar-refractivity contribution in [1.29, 1.82) is 0 Å². The van der Waals surface area contributed by atoms with Crippen LogP contribution in [0.3, 0.4) is 0 Å². The van der Waals surface area contributed by atoms with Crippen LogP contribution < -0.4 is 27.4 Å². The Morgan fingerprint density at radius 2 is 1.35 bits per heavy atom. The van der Waals surface area contributed by atoms with Crippen LogP contribution in [0, 0.1) is 5.92 Å². The highest BCUT2D eigenvalue weighted by molar-refractivity contribution is 7.98. The lowest BCUT2D eigenvalue weighted by Crippen LogP contribution is -2.57. The number of rotatable bonds is 18. The molecule has 9 N–H and O–H groups in total. The van der Waals surface area contributed by atoms with E-state index in [1.54, 1.807) is 13.8 Å². The minimum absolute atomic E-state index is 0.136. The molecule has 0 fully saturated rings. The molecule has 13 heteroatoms. The fourth-order valence-corrected chi connectivity index (χ4v) is 3.38. The van der Waals surface area contributed by atoms with Crippen molar-refractivity contribution in [3.8, 4) is 0 Å². The van der Waals surface area contributed by atoms with E-state index < -0.39 is 60.2 Å². The standard InChI is InChI=1S/C21H39N5O7S/c1-12(2)17(23)20(31)25-14(9-11-34-3)19(30)24-13(7-8-16(27)28)18(29)26-15(21(32)33)6-4-5-10-22/h12-15,17H,4-11,22-23H2,1-3H3,(H,24,30)(H,25,31)(H,26,29)(H,27,28)(H,32,33). The number of unbranched alkanes of at least 4 members (excludes halogenated alkanes) is 1. The van der Waals surface area contributed by atoms with E-state index in [2.05, 4.69) is 16.0 Å². The molecule has 196 valence electrons. The first-order valence-electron chi connectivity index (χ1n) is 11.2. The van der Waals surface area contributed by atoms with Crippen molar-refractivity contribution in [2.24, 2.45) is 17.4 Å². The van der Waals surface area contributed by atoms with Crippen LogP contribution in [0.2, 0.25) is 0 Å². The van der Waals surface area contributed by atoms with Gasteiger partial charge in [-0.05, 0) is 56.6 Å². The van der Waals surface area contributed by atoms with Crippen molar-refractivity contribution in [2.45, 2.75) is 76.5 Å². The maximum absolute atomic E-state index is 12.9. The molecule has 0 saturated carbocycles.